The van der Waals surface area contributed by atoms with Crippen LogP contribution in [0.5, 0.6) is 0 Å². The Morgan fingerprint density at radius 1 is 1.45 bits per heavy atom. The highest BCUT2D eigenvalue weighted by molar-refractivity contribution is 5.99. The van der Waals surface area contributed by atoms with Gasteiger partial charge in [-0.15, -0.1) is 0 Å². The zero-order chi connectivity index (χ0) is 8.27. The van der Waals surface area contributed by atoms with E-state index in [1.54, 1.807) is 0 Å². The van der Waals surface area contributed by atoms with Crippen LogP contribution in [0.3, 0.4) is 0 Å². The molecule has 0 bridgehead atoms. The summed E-state index contributed by atoms with van der Waals surface area (Å²) in [6.45, 7) is 6.35. The standard InChI is InChI=1S/C10H15N/c1-4-5-6-10-7-8(2)9(3)11-10/h5-6H,4,7H2,1-3H3/b6-5-. The van der Waals surface area contributed by atoms with Crippen molar-refractivity contribution in [2.24, 2.45) is 4.99 Å². The largest absolute Gasteiger partial charge is 0.258 e. The van der Waals surface area contributed by atoms with E-state index in [2.05, 4.69) is 37.9 Å². The van der Waals surface area contributed by atoms with Crippen LogP contribution in [0.25, 0.3) is 0 Å². The molecule has 0 amide bonds. The fourth-order valence-electron chi connectivity index (χ4n) is 1.10. The Morgan fingerprint density at radius 2 is 2.18 bits per heavy atom. The Balaban J connectivity index is 2.57. The molecule has 0 saturated carbocycles. The molecule has 0 saturated heterocycles. The van der Waals surface area contributed by atoms with Crippen LogP contribution in [0.4, 0.5) is 0 Å². The van der Waals surface area contributed by atoms with Crippen LogP contribution in [0.1, 0.15) is 33.6 Å². The van der Waals surface area contributed by atoms with Crippen LogP contribution in [0.2, 0.25) is 0 Å². The number of nitrogens with zero attached hydrogens (tertiary/aromatic N) is 1. The molecule has 1 aliphatic rings. The second kappa shape index (κ2) is 3.51. The first-order chi connectivity index (χ1) is 5.24. The molecular weight excluding hydrogens is 134 g/mol. The molecule has 1 heteroatoms. The topological polar surface area (TPSA) is 12.4 Å². The highest BCUT2D eigenvalue weighted by Gasteiger charge is 2.07. The summed E-state index contributed by atoms with van der Waals surface area (Å²) < 4.78 is 0. The predicted molar refractivity (Wildman–Crippen MR) is 49.9 cm³/mol. The summed E-state index contributed by atoms with van der Waals surface area (Å²) >= 11 is 0. The molecule has 60 valence electrons. The molecule has 0 fully saturated rings. The van der Waals surface area contributed by atoms with Gasteiger partial charge in [-0.05, 0) is 31.9 Å². The van der Waals surface area contributed by atoms with E-state index < -0.39 is 0 Å². The van der Waals surface area contributed by atoms with Crippen molar-refractivity contribution in [1.82, 2.24) is 0 Å². The molecule has 0 unspecified atom stereocenters. The van der Waals surface area contributed by atoms with Crippen molar-refractivity contribution in [3.63, 3.8) is 0 Å². The minimum atomic E-state index is 1.04. The van der Waals surface area contributed by atoms with Crippen molar-refractivity contribution in [2.75, 3.05) is 0 Å². The summed E-state index contributed by atoms with van der Waals surface area (Å²) in [7, 11) is 0. The van der Waals surface area contributed by atoms with Crippen molar-refractivity contribution in [1.29, 1.82) is 0 Å². The van der Waals surface area contributed by atoms with Crippen molar-refractivity contribution in [3.8, 4) is 0 Å². The number of hydrogen-bond donors (Lipinski definition) is 0. The third-order valence-corrected chi connectivity index (χ3v) is 1.92. The van der Waals surface area contributed by atoms with Crippen LogP contribution in [-0.2, 0) is 0 Å². The molecule has 0 aromatic carbocycles. The smallest absolute Gasteiger partial charge is 0.0444 e. The van der Waals surface area contributed by atoms with Crippen LogP contribution in [-0.4, -0.2) is 5.71 Å². The minimum Gasteiger partial charge on any atom is -0.258 e. The van der Waals surface area contributed by atoms with E-state index in [-0.39, 0.29) is 0 Å². The third-order valence-electron chi connectivity index (χ3n) is 1.92. The highest BCUT2D eigenvalue weighted by atomic mass is 14.8. The number of rotatable bonds is 2. The average Bonchev–Trinajstić information content (AvgIpc) is 2.28. The van der Waals surface area contributed by atoms with Gasteiger partial charge in [0.25, 0.3) is 0 Å². The van der Waals surface area contributed by atoms with E-state index in [1.165, 1.54) is 17.0 Å². The van der Waals surface area contributed by atoms with Gasteiger partial charge in [0.1, 0.15) is 0 Å². The van der Waals surface area contributed by atoms with Gasteiger partial charge in [0.15, 0.2) is 0 Å². The molecule has 1 nitrogen and oxygen atoms in total. The van der Waals surface area contributed by atoms with Gasteiger partial charge in [-0.2, -0.15) is 0 Å². The number of aliphatic imine (C=N–C) groups is 1. The zero-order valence-electron chi connectivity index (χ0n) is 7.52. The first-order valence-corrected chi connectivity index (χ1v) is 4.14. The molecule has 0 atom stereocenters. The van der Waals surface area contributed by atoms with E-state index in [0.29, 0.717) is 0 Å². The molecular formula is C10H15N. The fourth-order valence-corrected chi connectivity index (χ4v) is 1.10. The number of allylic oxidation sites excluding steroid dienone is 4. The average molecular weight is 149 g/mol. The second-order valence-corrected chi connectivity index (χ2v) is 2.96. The van der Waals surface area contributed by atoms with Gasteiger partial charge in [0.05, 0.1) is 0 Å². The Hall–Kier alpha value is -0.850. The lowest BCUT2D eigenvalue weighted by molar-refractivity contribution is 1.21. The lowest BCUT2D eigenvalue weighted by Crippen LogP contribution is -1.86. The van der Waals surface area contributed by atoms with Gasteiger partial charge in [0.2, 0.25) is 0 Å². The Kier molecular flexibility index (Phi) is 2.64. The zero-order valence-corrected chi connectivity index (χ0v) is 7.52. The molecule has 11 heavy (non-hydrogen) atoms. The van der Waals surface area contributed by atoms with Gasteiger partial charge in [-0.3, -0.25) is 4.99 Å². The Bertz CT molecular complexity index is 231. The van der Waals surface area contributed by atoms with Crippen molar-refractivity contribution in [3.05, 3.63) is 23.4 Å². The third kappa shape index (κ3) is 2.04. The van der Waals surface area contributed by atoms with Crippen LogP contribution >= 0.6 is 0 Å². The maximum absolute atomic E-state index is 4.42. The molecule has 0 radical (unpaired) electrons. The van der Waals surface area contributed by atoms with E-state index in [9.17, 15) is 0 Å². The minimum absolute atomic E-state index is 1.04. The quantitative estimate of drug-likeness (QED) is 0.572. The molecule has 1 rings (SSSR count). The summed E-state index contributed by atoms with van der Waals surface area (Å²) in [4.78, 5) is 4.42. The van der Waals surface area contributed by atoms with Gasteiger partial charge in [0, 0.05) is 17.8 Å². The lowest BCUT2D eigenvalue weighted by atomic mass is 10.1. The monoisotopic (exact) mass is 149 g/mol. The van der Waals surface area contributed by atoms with Gasteiger partial charge >= 0.3 is 0 Å². The van der Waals surface area contributed by atoms with E-state index >= 15 is 0 Å². The van der Waals surface area contributed by atoms with Crippen molar-refractivity contribution in [2.45, 2.75) is 33.6 Å². The Labute approximate surface area is 68.5 Å². The molecule has 1 heterocycles. The Morgan fingerprint density at radius 3 is 2.64 bits per heavy atom. The van der Waals surface area contributed by atoms with Crippen LogP contribution in [0.15, 0.2) is 28.4 Å². The van der Waals surface area contributed by atoms with Gasteiger partial charge in [-0.25, -0.2) is 0 Å². The van der Waals surface area contributed by atoms with Crippen LogP contribution in [0, 0.1) is 0 Å². The van der Waals surface area contributed by atoms with Gasteiger partial charge in [-0.1, -0.05) is 13.0 Å². The van der Waals surface area contributed by atoms with Crippen LogP contribution < -0.4 is 0 Å². The summed E-state index contributed by atoms with van der Waals surface area (Å²) in [5.74, 6) is 0. The number of hydrogen-bond acceptors (Lipinski definition) is 1. The summed E-state index contributed by atoms with van der Waals surface area (Å²) in [6.07, 6.45) is 6.42. The molecule has 0 aromatic heterocycles. The summed E-state index contributed by atoms with van der Waals surface area (Å²) in [5, 5.41) is 0. The normalized spacial score (nSPS) is 18.3. The first-order valence-electron chi connectivity index (χ1n) is 4.14. The van der Waals surface area contributed by atoms with Crippen molar-refractivity contribution < 1.29 is 0 Å². The second-order valence-electron chi connectivity index (χ2n) is 2.96. The maximum Gasteiger partial charge on any atom is 0.0444 e. The maximum atomic E-state index is 4.42. The molecule has 1 aliphatic heterocycles. The molecule has 0 aromatic rings. The summed E-state index contributed by atoms with van der Waals surface area (Å²) in [6, 6.07) is 0. The SMILES string of the molecule is CC/C=C\C1=NC(C)=C(C)C1. The van der Waals surface area contributed by atoms with E-state index in [4.69, 9.17) is 0 Å². The first kappa shape index (κ1) is 8.25. The fraction of sp³-hybridized carbons (Fsp3) is 0.500. The summed E-state index contributed by atoms with van der Waals surface area (Å²) in [5.41, 5.74) is 3.81. The highest BCUT2D eigenvalue weighted by Crippen LogP contribution is 2.18. The van der Waals surface area contributed by atoms with Gasteiger partial charge < -0.3 is 0 Å². The molecule has 0 spiro atoms. The molecule has 0 aliphatic carbocycles. The molecule has 0 N–H and O–H groups in total. The van der Waals surface area contributed by atoms with E-state index in [1.807, 2.05) is 0 Å². The predicted octanol–water partition coefficient (Wildman–Crippen LogP) is 3.09. The lowest BCUT2D eigenvalue weighted by Gasteiger charge is -1.89. The van der Waals surface area contributed by atoms with E-state index in [0.717, 1.165) is 12.8 Å². The van der Waals surface area contributed by atoms with Crippen molar-refractivity contribution >= 4 is 5.71 Å².